The minimum atomic E-state index is -0.512. The summed E-state index contributed by atoms with van der Waals surface area (Å²) in [7, 11) is 1.72. The summed E-state index contributed by atoms with van der Waals surface area (Å²) in [6.07, 6.45) is 1.94. The number of rotatable bonds is 4. The van der Waals surface area contributed by atoms with Gasteiger partial charge in [-0.3, -0.25) is 24.8 Å². The second-order valence-corrected chi connectivity index (χ2v) is 6.93. The fraction of sp³-hybridized carbons (Fsp3) is 0.182. The molecular weight excluding hydrogens is 368 g/mol. The van der Waals surface area contributed by atoms with Crippen LogP contribution in [0.2, 0.25) is 0 Å². The largest absolute Gasteiger partial charge is 0.337 e. The van der Waals surface area contributed by atoms with Crippen molar-refractivity contribution in [2.75, 3.05) is 18.5 Å². The number of para-hydroxylation sites is 2. The third-order valence-electron chi connectivity index (χ3n) is 4.95. The molecule has 1 saturated heterocycles. The van der Waals surface area contributed by atoms with E-state index >= 15 is 0 Å². The lowest BCUT2D eigenvalue weighted by atomic mass is 10.1. The standard InChI is InChI=1S/C22H20N4O3/c1-25(14-16-7-4-6-15-8-5-12-23-20(15)16)21(28)17-9-2-3-10-18(17)26-13-11-19(27)24-22(26)29/h2-10,12H,11,13-14H2,1H3,(H,24,27,29). The van der Waals surface area contributed by atoms with Crippen LogP contribution in [0.25, 0.3) is 10.9 Å². The van der Waals surface area contributed by atoms with Gasteiger partial charge in [-0.05, 0) is 23.8 Å². The van der Waals surface area contributed by atoms with E-state index in [0.29, 0.717) is 17.8 Å². The molecule has 3 aromatic rings. The summed E-state index contributed by atoms with van der Waals surface area (Å²) in [5.41, 5.74) is 2.70. The number of benzene rings is 2. The van der Waals surface area contributed by atoms with E-state index in [4.69, 9.17) is 0 Å². The van der Waals surface area contributed by atoms with Crippen molar-refractivity contribution in [2.45, 2.75) is 13.0 Å². The van der Waals surface area contributed by atoms with E-state index in [-0.39, 0.29) is 24.8 Å². The molecule has 29 heavy (non-hydrogen) atoms. The maximum Gasteiger partial charge on any atom is 0.328 e. The number of pyridine rings is 1. The number of aromatic nitrogens is 1. The molecule has 0 bridgehead atoms. The van der Waals surface area contributed by atoms with E-state index in [9.17, 15) is 14.4 Å². The zero-order chi connectivity index (χ0) is 20.4. The van der Waals surface area contributed by atoms with Crippen molar-refractivity contribution in [1.82, 2.24) is 15.2 Å². The van der Waals surface area contributed by atoms with Crippen molar-refractivity contribution < 1.29 is 14.4 Å². The molecule has 0 saturated carbocycles. The number of anilines is 1. The van der Waals surface area contributed by atoms with E-state index in [1.165, 1.54) is 4.90 Å². The van der Waals surface area contributed by atoms with Gasteiger partial charge in [-0.15, -0.1) is 0 Å². The Morgan fingerprint density at radius 3 is 2.72 bits per heavy atom. The summed E-state index contributed by atoms with van der Waals surface area (Å²) >= 11 is 0. The van der Waals surface area contributed by atoms with Crippen LogP contribution >= 0.6 is 0 Å². The first-order valence-corrected chi connectivity index (χ1v) is 9.33. The predicted molar refractivity (Wildman–Crippen MR) is 109 cm³/mol. The highest BCUT2D eigenvalue weighted by Crippen LogP contribution is 2.25. The highest BCUT2D eigenvalue weighted by atomic mass is 16.2. The summed E-state index contributed by atoms with van der Waals surface area (Å²) in [5.74, 6) is -0.520. The topological polar surface area (TPSA) is 82.6 Å². The third-order valence-corrected chi connectivity index (χ3v) is 4.95. The number of hydrogen-bond donors (Lipinski definition) is 1. The van der Waals surface area contributed by atoms with Gasteiger partial charge in [0.25, 0.3) is 5.91 Å². The number of fused-ring (bicyclic) bond motifs is 1. The van der Waals surface area contributed by atoms with Crippen LogP contribution < -0.4 is 10.2 Å². The lowest BCUT2D eigenvalue weighted by Gasteiger charge is -2.29. The van der Waals surface area contributed by atoms with E-state index in [1.54, 1.807) is 42.4 Å². The molecule has 1 N–H and O–H groups in total. The van der Waals surface area contributed by atoms with Gasteiger partial charge < -0.3 is 4.90 Å². The van der Waals surface area contributed by atoms with Crippen LogP contribution in [0.3, 0.4) is 0 Å². The van der Waals surface area contributed by atoms with Crippen LogP contribution in [-0.4, -0.2) is 41.3 Å². The van der Waals surface area contributed by atoms with Crippen molar-refractivity contribution in [1.29, 1.82) is 0 Å². The lowest BCUT2D eigenvalue weighted by molar-refractivity contribution is -0.120. The van der Waals surface area contributed by atoms with Crippen molar-refractivity contribution >= 4 is 34.4 Å². The summed E-state index contributed by atoms with van der Waals surface area (Å²) in [5, 5.41) is 3.31. The number of carbonyl (C=O) groups excluding carboxylic acids is 3. The van der Waals surface area contributed by atoms with Gasteiger partial charge in [-0.1, -0.05) is 36.4 Å². The second-order valence-electron chi connectivity index (χ2n) is 6.93. The van der Waals surface area contributed by atoms with Gasteiger partial charge in [0.15, 0.2) is 0 Å². The molecule has 0 aliphatic carbocycles. The van der Waals surface area contributed by atoms with Crippen LogP contribution in [0.5, 0.6) is 0 Å². The Bertz CT molecular complexity index is 1110. The maximum atomic E-state index is 13.2. The second kappa shape index (κ2) is 7.71. The molecule has 0 unspecified atom stereocenters. The Morgan fingerprint density at radius 2 is 1.90 bits per heavy atom. The Kier molecular flexibility index (Phi) is 4.95. The van der Waals surface area contributed by atoms with Crippen LogP contribution in [0, 0.1) is 0 Å². The molecule has 2 aromatic carbocycles. The minimum absolute atomic E-state index is 0.200. The molecule has 1 aliphatic heterocycles. The van der Waals surface area contributed by atoms with Gasteiger partial charge in [0, 0.05) is 38.1 Å². The average molecular weight is 388 g/mol. The highest BCUT2D eigenvalue weighted by Gasteiger charge is 2.28. The SMILES string of the molecule is CN(Cc1cccc2cccnc12)C(=O)c1ccccc1N1CCC(=O)NC1=O. The first kappa shape index (κ1) is 18.6. The number of nitrogens with one attached hydrogen (secondary N) is 1. The quantitative estimate of drug-likeness (QED) is 0.745. The van der Waals surface area contributed by atoms with Gasteiger partial charge >= 0.3 is 6.03 Å². The van der Waals surface area contributed by atoms with Crippen molar-refractivity contribution in [3.05, 3.63) is 71.9 Å². The van der Waals surface area contributed by atoms with Gasteiger partial charge in [-0.25, -0.2) is 4.79 Å². The van der Waals surface area contributed by atoms with Crippen molar-refractivity contribution in [2.24, 2.45) is 0 Å². The van der Waals surface area contributed by atoms with Crippen LogP contribution in [0.15, 0.2) is 60.8 Å². The van der Waals surface area contributed by atoms with Crippen LogP contribution in [-0.2, 0) is 11.3 Å². The Hall–Kier alpha value is -3.74. The van der Waals surface area contributed by atoms with E-state index in [2.05, 4.69) is 10.3 Å². The molecule has 0 spiro atoms. The number of imide groups is 1. The number of nitrogens with zero attached hydrogens (tertiary/aromatic N) is 3. The Labute approximate surface area is 167 Å². The van der Waals surface area contributed by atoms with Crippen LogP contribution in [0.1, 0.15) is 22.3 Å². The van der Waals surface area contributed by atoms with Gasteiger partial charge in [-0.2, -0.15) is 0 Å². The first-order valence-electron chi connectivity index (χ1n) is 9.33. The number of carbonyl (C=O) groups is 3. The lowest BCUT2D eigenvalue weighted by Crippen LogP contribution is -2.50. The van der Waals surface area contributed by atoms with Crippen molar-refractivity contribution in [3.63, 3.8) is 0 Å². The van der Waals surface area contributed by atoms with Gasteiger partial charge in [0.1, 0.15) is 0 Å². The summed E-state index contributed by atoms with van der Waals surface area (Å²) in [6.45, 7) is 0.623. The Morgan fingerprint density at radius 1 is 1.10 bits per heavy atom. The molecule has 7 heteroatoms. The van der Waals surface area contributed by atoms with Gasteiger partial charge in [0.2, 0.25) is 5.91 Å². The maximum absolute atomic E-state index is 13.2. The Balaban J connectivity index is 1.61. The van der Waals surface area contributed by atoms with E-state index in [1.807, 2.05) is 30.3 Å². The van der Waals surface area contributed by atoms with Crippen molar-refractivity contribution in [3.8, 4) is 0 Å². The average Bonchev–Trinajstić information content (AvgIpc) is 2.73. The zero-order valence-corrected chi connectivity index (χ0v) is 16.0. The molecule has 146 valence electrons. The molecule has 4 rings (SSSR count). The minimum Gasteiger partial charge on any atom is -0.337 e. The molecular formula is C22H20N4O3. The molecule has 7 nitrogen and oxygen atoms in total. The van der Waals surface area contributed by atoms with E-state index < -0.39 is 6.03 Å². The van der Waals surface area contributed by atoms with Crippen LogP contribution in [0.4, 0.5) is 10.5 Å². The van der Waals surface area contributed by atoms with E-state index in [0.717, 1.165) is 16.5 Å². The molecule has 0 radical (unpaired) electrons. The molecule has 1 fully saturated rings. The normalized spacial score (nSPS) is 14.0. The summed E-state index contributed by atoms with van der Waals surface area (Å²) in [4.78, 5) is 44.4. The molecule has 1 aliphatic rings. The highest BCUT2D eigenvalue weighted by molar-refractivity contribution is 6.09. The monoisotopic (exact) mass is 388 g/mol. The summed E-state index contributed by atoms with van der Waals surface area (Å²) < 4.78 is 0. The first-order chi connectivity index (χ1) is 14.0. The molecule has 0 atom stereocenters. The number of amides is 4. The predicted octanol–water partition coefficient (Wildman–Crippen LogP) is 2.95. The fourth-order valence-corrected chi connectivity index (χ4v) is 3.51. The number of hydrogen-bond acceptors (Lipinski definition) is 4. The smallest absolute Gasteiger partial charge is 0.328 e. The third kappa shape index (κ3) is 3.67. The number of urea groups is 1. The van der Waals surface area contributed by atoms with Gasteiger partial charge in [0.05, 0.1) is 16.8 Å². The fourth-order valence-electron chi connectivity index (χ4n) is 3.51. The molecule has 1 aromatic heterocycles. The zero-order valence-electron chi connectivity index (χ0n) is 16.0. The molecule has 4 amide bonds. The molecule has 2 heterocycles. The summed E-state index contributed by atoms with van der Waals surface area (Å²) in [6, 6.07) is 16.2.